The van der Waals surface area contributed by atoms with Crippen molar-refractivity contribution in [2.45, 2.75) is 31.7 Å². The van der Waals surface area contributed by atoms with Gasteiger partial charge in [0.05, 0.1) is 18.4 Å². The number of halogens is 1. The van der Waals surface area contributed by atoms with Crippen molar-refractivity contribution in [1.82, 2.24) is 0 Å². The van der Waals surface area contributed by atoms with Crippen molar-refractivity contribution in [3.8, 4) is 0 Å². The second-order valence-corrected chi connectivity index (χ2v) is 5.30. The highest BCUT2D eigenvalue weighted by Gasteiger charge is 2.26. The highest BCUT2D eigenvalue weighted by molar-refractivity contribution is 5.95. The normalized spacial score (nSPS) is 21.7. The first-order valence-corrected chi connectivity index (χ1v) is 6.95. The summed E-state index contributed by atoms with van der Waals surface area (Å²) in [5, 5.41) is 2.54. The first kappa shape index (κ1) is 15.4. The Morgan fingerprint density at radius 1 is 1.38 bits per heavy atom. The van der Waals surface area contributed by atoms with Gasteiger partial charge in [0, 0.05) is 12.0 Å². The summed E-state index contributed by atoms with van der Waals surface area (Å²) in [4.78, 5) is 23.6. The summed E-state index contributed by atoms with van der Waals surface area (Å²) in [7, 11) is 1.24. The molecule has 1 saturated carbocycles. The Morgan fingerprint density at radius 2 is 2.14 bits per heavy atom. The molecule has 6 heteroatoms. The van der Waals surface area contributed by atoms with Gasteiger partial charge in [0.2, 0.25) is 5.91 Å². The van der Waals surface area contributed by atoms with E-state index in [-0.39, 0.29) is 29.1 Å². The van der Waals surface area contributed by atoms with Gasteiger partial charge in [-0.25, -0.2) is 9.18 Å². The molecule has 1 aliphatic carbocycles. The molecule has 114 valence electrons. The van der Waals surface area contributed by atoms with E-state index in [1.54, 1.807) is 0 Å². The summed E-state index contributed by atoms with van der Waals surface area (Å²) in [5.74, 6) is -1.64. The minimum atomic E-state index is -0.587. The molecule has 0 spiro atoms. The van der Waals surface area contributed by atoms with E-state index in [0.717, 1.165) is 25.3 Å². The number of methoxy groups -OCH3 is 1. The van der Waals surface area contributed by atoms with Crippen molar-refractivity contribution in [3.63, 3.8) is 0 Å². The number of ether oxygens (including phenoxy) is 1. The molecule has 1 fully saturated rings. The fraction of sp³-hybridized carbons (Fsp3) is 0.467. The van der Waals surface area contributed by atoms with Crippen LogP contribution in [0.1, 0.15) is 36.0 Å². The van der Waals surface area contributed by atoms with Gasteiger partial charge in [-0.05, 0) is 37.5 Å². The maximum absolute atomic E-state index is 13.7. The standard InChI is InChI=1S/C15H19FN2O3/c1-21-15(20)10-5-6-12(16)13(8-10)18-14(19)9-3-2-4-11(17)7-9/h5-6,8-9,11H,2-4,7,17H2,1H3,(H,18,19). The van der Waals surface area contributed by atoms with Crippen molar-refractivity contribution in [2.24, 2.45) is 11.7 Å². The van der Waals surface area contributed by atoms with Gasteiger partial charge in [0.25, 0.3) is 0 Å². The Kier molecular flexibility index (Phi) is 4.90. The Morgan fingerprint density at radius 3 is 2.81 bits per heavy atom. The van der Waals surface area contributed by atoms with Gasteiger partial charge < -0.3 is 15.8 Å². The van der Waals surface area contributed by atoms with Gasteiger partial charge in [-0.3, -0.25) is 4.79 Å². The molecule has 2 atom stereocenters. The van der Waals surface area contributed by atoms with Gasteiger partial charge in [-0.1, -0.05) is 6.42 Å². The van der Waals surface area contributed by atoms with Crippen LogP contribution in [-0.4, -0.2) is 25.0 Å². The van der Waals surface area contributed by atoms with Crippen molar-refractivity contribution in [2.75, 3.05) is 12.4 Å². The number of benzene rings is 1. The lowest BCUT2D eigenvalue weighted by Gasteiger charge is -2.25. The van der Waals surface area contributed by atoms with Crippen LogP contribution in [0.4, 0.5) is 10.1 Å². The van der Waals surface area contributed by atoms with E-state index in [0.29, 0.717) is 6.42 Å². The number of carbonyl (C=O) groups is 2. The molecule has 0 radical (unpaired) electrons. The van der Waals surface area contributed by atoms with Gasteiger partial charge in [0.1, 0.15) is 5.82 Å². The molecule has 0 heterocycles. The van der Waals surface area contributed by atoms with Gasteiger partial charge in [-0.2, -0.15) is 0 Å². The van der Waals surface area contributed by atoms with Crippen LogP contribution >= 0.6 is 0 Å². The molecule has 21 heavy (non-hydrogen) atoms. The van der Waals surface area contributed by atoms with E-state index in [1.807, 2.05) is 0 Å². The van der Waals surface area contributed by atoms with Gasteiger partial charge >= 0.3 is 5.97 Å². The molecule has 3 N–H and O–H groups in total. The first-order valence-electron chi connectivity index (χ1n) is 6.95. The van der Waals surface area contributed by atoms with E-state index in [9.17, 15) is 14.0 Å². The largest absolute Gasteiger partial charge is 0.465 e. The fourth-order valence-electron chi connectivity index (χ4n) is 2.57. The van der Waals surface area contributed by atoms with E-state index < -0.39 is 11.8 Å². The molecule has 0 aliphatic heterocycles. The molecule has 5 nitrogen and oxygen atoms in total. The number of amides is 1. The number of hydrogen-bond acceptors (Lipinski definition) is 4. The molecule has 0 saturated heterocycles. The van der Waals surface area contributed by atoms with E-state index in [2.05, 4.69) is 10.1 Å². The number of nitrogens with one attached hydrogen (secondary N) is 1. The number of rotatable bonds is 3. The zero-order valence-electron chi connectivity index (χ0n) is 11.9. The lowest BCUT2D eigenvalue weighted by Crippen LogP contribution is -2.34. The molecule has 1 aliphatic rings. The Bertz CT molecular complexity index is 548. The van der Waals surface area contributed by atoms with Crippen molar-refractivity contribution in [3.05, 3.63) is 29.6 Å². The number of nitrogens with two attached hydrogens (primary N) is 1. The number of anilines is 1. The molecular weight excluding hydrogens is 275 g/mol. The zero-order valence-corrected chi connectivity index (χ0v) is 11.9. The Balaban J connectivity index is 2.11. The van der Waals surface area contributed by atoms with Crippen molar-refractivity contribution in [1.29, 1.82) is 0 Å². The molecule has 0 bridgehead atoms. The van der Waals surface area contributed by atoms with E-state index >= 15 is 0 Å². The molecule has 1 aromatic rings. The van der Waals surface area contributed by atoms with E-state index in [4.69, 9.17) is 5.73 Å². The third-order valence-corrected chi connectivity index (χ3v) is 3.73. The zero-order chi connectivity index (χ0) is 15.4. The molecule has 1 amide bonds. The summed E-state index contributed by atoms with van der Waals surface area (Å²) >= 11 is 0. The van der Waals surface area contributed by atoms with E-state index in [1.165, 1.54) is 19.2 Å². The summed E-state index contributed by atoms with van der Waals surface area (Å²) < 4.78 is 18.3. The molecule has 1 aromatic carbocycles. The topological polar surface area (TPSA) is 81.4 Å². The minimum absolute atomic E-state index is 0.0120. The summed E-state index contributed by atoms with van der Waals surface area (Å²) in [6, 6.07) is 3.74. The highest BCUT2D eigenvalue weighted by Crippen LogP contribution is 2.25. The van der Waals surface area contributed by atoms with Crippen LogP contribution in [0.15, 0.2) is 18.2 Å². The minimum Gasteiger partial charge on any atom is -0.465 e. The number of hydrogen-bond donors (Lipinski definition) is 2. The second kappa shape index (κ2) is 6.67. The SMILES string of the molecule is COC(=O)c1ccc(F)c(NC(=O)C2CCCC(N)C2)c1. The fourth-order valence-corrected chi connectivity index (χ4v) is 2.57. The van der Waals surface area contributed by atoms with Crippen LogP contribution in [0, 0.1) is 11.7 Å². The predicted octanol–water partition coefficient (Wildman–Crippen LogP) is 2.07. The lowest BCUT2D eigenvalue weighted by atomic mass is 9.85. The average molecular weight is 294 g/mol. The van der Waals surface area contributed by atoms with Crippen LogP contribution in [0.25, 0.3) is 0 Å². The monoisotopic (exact) mass is 294 g/mol. The average Bonchev–Trinajstić information content (AvgIpc) is 2.48. The highest BCUT2D eigenvalue weighted by atomic mass is 19.1. The second-order valence-electron chi connectivity index (χ2n) is 5.30. The Hall–Kier alpha value is -1.95. The van der Waals surface area contributed by atoms with Crippen LogP contribution in [-0.2, 0) is 9.53 Å². The summed E-state index contributed by atoms with van der Waals surface area (Å²) in [5.41, 5.74) is 6.03. The third-order valence-electron chi connectivity index (χ3n) is 3.73. The number of esters is 1. The molecule has 2 unspecified atom stereocenters. The number of carbonyl (C=O) groups excluding carboxylic acids is 2. The van der Waals surface area contributed by atoms with Crippen LogP contribution in [0.2, 0.25) is 0 Å². The molecular formula is C15H19FN2O3. The predicted molar refractivity (Wildman–Crippen MR) is 76.3 cm³/mol. The maximum Gasteiger partial charge on any atom is 0.337 e. The molecule has 0 aromatic heterocycles. The van der Waals surface area contributed by atoms with Gasteiger partial charge in [0.15, 0.2) is 0 Å². The van der Waals surface area contributed by atoms with Crippen LogP contribution < -0.4 is 11.1 Å². The van der Waals surface area contributed by atoms with Gasteiger partial charge in [-0.15, -0.1) is 0 Å². The molecule has 2 rings (SSSR count). The maximum atomic E-state index is 13.7. The summed E-state index contributed by atoms with van der Waals surface area (Å²) in [6.07, 6.45) is 3.15. The lowest BCUT2D eigenvalue weighted by molar-refractivity contribution is -0.120. The first-order chi connectivity index (χ1) is 10.0. The van der Waals surface area contributed by atoms with Crippen LogP contribution in [0.3, 0.4) is 0 Å². The van der Waals surface area contributed by atoms with Crippen molar-refractivity contribution >= 4 is 17.6 Å². The smallest absolute Gasteiger partial charge is 0.337 e. The Labute approximate surface area is 122 Å². The van der Waals surface area contributed by atoms with Crippen LogP contribution in [0.5, 0.6) is 0 Å². The van der Waals surface area contributed by atoms with Crippen molar-refractivity contribution < 1.29 is 18.7 Å². The summed E-state index contributed by atoms with van der Waals surface area (Å²) in [6.45, 7) is 0. The third kappa shape index (κ3) is 3.78. The quantitative estimate of drug-likeness (QED) is 0.836.